The lowest BCUT2D eigenvalue weighted by Gasteiger charge is -2.34. The lowest BCUT2D eigenvalue weighted by Crippen LogP contribution is -2.46. The van der Waals surface area contributed by atoms with Gasteiger partial charge >= 0.3 is 0 Å². The van der Waals surface area contributed by atoms with Gasteiger partial charge in [0.05, 0.1) is 12.5 Å². The second-order valence-electron chi connectivity index (χ2n) is 6.15. The molecule has 0 aromatic carbocycles. The molecule has 0 aliphatic carbocycles. The third-order valence-electron chi connectivity index (χ3n) is 4.14. The Kier molecular flexibility index (Phi) is 5.33. The van der Waals surface area contributed by atoms with E-state index in [4.69, 9.17) is 0 Å². The molecule has 1 aromatic rings. The minimum Gasteiger partial charge on any atom is -0.354 e. The van der Waals surface area contributed by atoms with Gasteiger partial charge in [0, 0.05) is 19.1 Å². The van der Waals surface area contributed by atoms with Crippen LogP contribution in [0.5, 0.6) is 0 Å². The Morgan fingerprint density at radius 1 is 1.43 bits per heavy atom. The van der Waals surface area contributed by atoms with Crippen LogP contribution in [-0.2, 0) is 11.3 Å². The molecule has 6 heteroatoms. The van der Waals surface area contributed by atoms with E-state index in [1.165, 1.54) is 0 Å². The van der Waals surface area contributed by atoms with E-state index in [0.29, 0.717) is 19.1 Å². The van der Waals surface area contributed by atoms with Gasteiger partial charge in [-0.3, -0.25) is 4.79 Å². The molecule has 1 saturated heterocycles. The molecule has 1 amide bonds. The van der Waals surface area contributed by atoms with Gasteiger partial charge in [0.15, 0.2) is 0 Å². The van der Waals surface area contributed by atoms with E-state index >= 15 is 0 Å². The van der Waals surface area contributed by atoms with Crippen molar-refractivity contribution < 1.29 is 4.79 Å². The van der Waals surface area contributed by atoms with Crippen molar-refractivity contribution in [2.24, 2.45) is 5.92 Å². The number of hydrogen-bond donors (Lipinski definition) is 1. The molecule has 1 aliphatic rings. The maximum atomic E-state index is 12.3. The molecule has 2 rings (SSSR count). The summed E-state index contributed by atoms with van der Waals surface area (Å²) in [5.41, 5.74) is 0. The summed E-state index contributed by atoms with van der Waals surface area (Å²) in [6.07, 6.45) is 2.11. The molecular weight excluding hydrogens is 266 g/mol. The number of nitrogens with one attached hydrogen (secondary N) is 1. The van der Waals surface area contributed by atoms with Crippen molar-refractivity contribution in [1.82, 2.24) is 25.0 Å². The highest BCUT2D eigenvalue weighted by atomic mass is 16.1. The van der Waals surface area contributed by atoms with Gasteiger partial charge in [-0.25, -0.2) is 9.67 Å². The van der Waals surface area contributed by atoms with Gasteiger partial charge in [0.25, 0.3) is 0 Å². The van der Waals surface area contributed by atoms with Gasteiger partial charge in [-0.05, 0) is 47.1 Å². The van der Waals surface area contributed by atoms with Crippen molar-refractivity contribution in [3.05, 3.63) is 11.6 Å². The van der Waals surface area contributed by atoms with Gasteiger partial charge < -0.3 is 10.2 Å². The number of aromatic nitrogens is 3. The van der Waals surface area contributed by atoms with Crippen molar-refractivity contribution in [2.45, 2.75) is 53.1 Å². The zero-order valence-corrected chi connectivity index (χ0v) is 13.6. The predicted molar refractivity (Wildman–Crippen MR) is 81.9 cm³/mol. The molecule has 2 heterocycles. The largest absolute Gasteiger partial charge is 0.354 e. The molecule has 0 radical (unpaired) electrons. The van der Waals surface area contributed by atoms with Crippen LogP contribution in [0.3, 0.4) is 0 Å². The first-order chi connectivity index (χ1) is 9.97. The number of piperidine rings is 1. The number of carbonyl (C=O) groups excluding carboxylic acids is 1. The van der Waals surface area contributed by atoms with Gasteiger partial charge in [0.1, 0.15) is 11.6 Å². The second-order valence-corrected chi connectivity index (χ2v) is 6.15. The third kappa shape index (κ3) is 4.27. The van der Waals surface area contributed by atoms with Crippen molar-refractivity contribution in [1.29, 1.82) is 0 Å². The second kappa shape index (κ2) is 7.02. The molecule has 1 N–H and O–H groups in total. The molecule has 0 saturated carbocycles. The maximum Gasteiger partial charge on any atom is 0.224 e. The molecule has 1 aromatic heterocycles. The zero-order chi connectivity index (χ0) is 15.4. The molecule has 1 atom stereocenters. The summed E-state index contributed by atoms with van der Waals surface area (Å²) < 4.78 is 1.84. The first kappa shape index (κ1) is 15.9. The van der Waals surface area contributed by atoms with Crippen LogP contribution in [-0.4, -0.2) is 51.2 Å². The molecule has 6 nitrogen and oxygen atoms in total. The molecule has 0 unspecified atom stereocenters. The van der Waals surface area contributed by atoms with Gasteiger partial charge in [-0.15, -0.1) is 0 Å². The van der Waals surface area contributed by atoms with E-state index in [2.05, 4.69) is 34.1 Å². The highest BCUT2D eigenvalue weighted by molar-refractivity contribution is 5.78. The number of hydrogen-bond acceptors (Lipinski definition) is 4. The monoisotopic (exact) mass is 293 g/mol. The van der Waals surface area contributed by atoms with Crippen LogP contribution in [0.4, 0.5) is 0 Å². The van der Waals surface area contributed by atoms with E-state index in [9.17, 15) is 4.79 Å². The smallest absolute Gasteiger partial charge is 0.224 e. The summed E-state index contributed by atoms with van der Waals surface area (Å²) in [6, 6.07) is 0.515. The lowest BCUT2D eigenvalue weighted by molar-refractivity contribution is -0.126. The third-order valence-corrected chi connectivity index (χ3v) is 4.14. The number of nitrogens with zero attached hydrogens (tertiary/aromatic N) is 4. The number of aryl methyl sites for hydroxylation is 2. The Labute approximate surface area is 126 Å². The lowest BCUT2D eigenvalue weighted by atomic mass is 9.96. The molecule has 1 aliphatic heterocycles. The molecule has 1 fully saturated rings. The van der Waals surface area contributed by atoms with Crippen LogP contribution >= 0.6 is 0 Å². The van der Waals surface area contributed by atoms with Crippen molar-refractivity contribution in [2.75, 3.05) is 19.6 Å². The Morgan fingerprint density at radius 3 is 2.81 bits per heavy atom. The van der Waals surface area contributed by atoms with Crippen LogP contribution < -0.4 is 5.32 Å². The summed E-state index contributed by atoms with van der Waals surface area (Å²) in [7, 11) is 0. The molecule has 118 valence electrons. The minimum atomic E-state index is 0.125. The zero-order valence-electron chi connectivity index (χ0n) is 13.6. The van der Waals surface area contributed by atoms with E-state index in [1.54, 1.807) is 0 Å². The fourth-order valence-corrected chi connectivity index (χ4v) is 2.89. The Morgan fingerprint density at radius 2 is 2.19 bits per heavy atom. The maximum absolute atomic E-state index is 12.3. The highest BCUT2D eigenvalue weighted by Gasteiger charge is 2.26. The van der Waals surface area contributed by atoms with E-state index in [0.717, 1.165) is 37.6 Å². The summed E-state index contributed by atoms with van der Waals surface area (Å²) in [4.78, 5) is 18.9. The van der Waals surface area contributed by atoms with Gasteiger partial charge in [-0.2, -0.15) is 5.10 Å². The van der Waals surface area contributed by atoms with Crippen molar-refractivity contribution >= 4 is 5.91 Å². The molecule has 21 heavy (non-hydrogen) atoms. The number of carbonyl (C=O) groups is 1. The summed E-state index contributed by atoms with van der Waals surface area (Å²) in [5.74, 6) is 1.97. The Balaban J connectivity index is 1.78. The van der Waals surface area contributed by atoms with Crippen molar-refractivity contribution in [3.8, 4) is 0 Å². The van der Waals surface area contributed by atoms with Crippen LogP contribution in [0.15, 0.2) is 0 Å². The van der Waals surface area contributed by atoms with Crippen LogP contribution in [0.2, 0.25) is 0 Å². The molecular formula is C15H27N5O. The van der Waals surface area contributed by atoms with Gasteiger partial charge in [0.2, 0.25) is 5.91 Å². The summed E-state index contributed by atoms with van der Waals surface area (Å²) >= 11 is 0. The highest BCUT2D eigenvalue weighted by Crippen LogP contribution is 2.18. The quantitative estimate of drug-likeness (QED) is 0.884. The normalized spacial score (nSPS) is 20.0. The average molecular weight is 293 g/mol. The molecule has 0 bridgehead atoms. The topological polar surface area (TPSA) is 63.1 Å². The number of rotatable bonds is 5. The number of amides is 1. The van der Waals surface area contributed by atoms with Crippen LogP contribution in [0.25, 0.3) is 0 Å². The van der Waals surface area contributed by atoms with Crippen LogP contribution in [0, 0.1) is 19.8 Å². The predicted octanol–water partition coefficient (Wildman–Crippen LogP) is 1.13. The summed E-state index contributed by atoms with van der Waals surface area (Å²) in [5, 5.41) is 7.34. The summed E-state index contributed by atoms with van der Waals surface area (Å²) in [6.45, 7) is 11.5. The van der Waals surface area contributed by atoms with Crippen molar-refractivity contribution in [3.63, 3.8) is 0 Å². The van der Waals surface area contributed by atoms with E-state index < -0.39 is 0 Å². The minimum absolute atomic E-state index is 0.125. The van der Waals surface area contributed by atoms with E-state index in [-0.39, 0.29) is 11.8 Å². The number of likely N-dealkylation sites (tertiary alicyclic amines) is 1. The Hall–Kier alpha value is -1.43. The van der Waals surface area contributed by atoms with Crippen LogP contribution in [0.1, 0.15) is 38.3 Å². The Bertz CT molecular complexity index is 482. The molecule has 0 spiro atoms. The van der Waals surface area contributed by atoms with Gasteiger partial charge in [-0.1, -0.05) is 0 Å². The fourth-order valence-electron chi connectivity index (χ4n) is 2.89. The first-order valence-electron chi connectivity index (χ1n) is 7.87. The fraction of sp³-hybridized carbons (Fsp3) is 0.800. The van der Waals surface area contributed by atoms with E-state index in [1.807, 2.05) is 18.5 Å². The first-order valence-corrected chi connectivity index (χ1v) is 7.87. The standard InChI is InChI=1S/C15H27N5O/c1-11(2)19-8-5-6-14(10-19)15(21)16-7-9-20-13(4)17-12(3)18-20/h11,14H,5-10H2,1-4H3,(H,16,21)/t14-/m1/s1. The average Bonchev–Trinajstić information content (AvgIpc) is 2.77. The SMILES string of the molecule is Cc1nc(C)n(CCNC(=O)[C@@H]2CCCN(C(C)C)C2)n1.